The van der Waals surface area contributed by atoms with Gasteiger partial charge in [0.15, 0.2) is 11.6 Å². The van der Waals surface area contributed by atoms with Gasteiger partial charge in [-0.25, -0.2) is 0 Å². The van der Waals surface area contributed by atoms with Gasteiger partial charge in [0, 0.05) is 0 Å². The quantitative estimate of drug-likeness (QED) is 0.471. The van der Waals surface area contributed by atoms with Crippen LogP contribution in [0.1, 0.15) is 41.5 Å². The van der Waals surface area contributed by atoms with Crippen molar-refractivity contribution in [1.82, 2.24) is 0 Å². The number of rotatable bonds is 6. The molecule has 0 aliphatic carbocycles. The molecule has 0 aromatic carbocycles. The van der Waals surface area contributed by atoms with Gasteiger partial charge in [0.2, 0.25) is 0 Å². The predicted molar refractivity (Wildman–Crippen MR) is 110 cm³/mol. The molecule has 0 spiro atoms. The molecule has 0 radical (unpaired) electrons. The van der Waals surface area contributed by atoms with E-state index in [1.54, 1.807) is 26.0 Å². The first-order chi connectivity index (χ1) is 13.9. The highest BCUT2D eigenvalue weighted by Crippen LogP contribution is 2.32. The fourth-order valence-electron chi connectivity index (χ4n) is 2.56. The van der Waals surface area contributed by atoms with E-state index in [0.29, 0.717) is 13.2 Å². The Bertz CT molecular complexity index is 549. The number of hydrogen-bond donors (Lipinski definition) is 0. The lowest BCUT2D eigenvalue weighted by atomic mass is 9.89. The number of carbonyl (C=O) groups is 2. The van der Waals surface area contributed by atoms with Crippen LogP contribution in [0, 0.1) is 10.8 Å². The van der Waals surface area contributed by atoms with Crippen LogP contribution in [0.25, 0.3) is 0 Å². The topological polar surface area (TPSA) is 89.5 Å². The zero-order chi connectivity index (χ0) is 23.1. The van der Waals surface area contributed by atoms with Crippen molar-refractivity contribution in [3.63, 3.8) is 0 Å². The molecule has 0 atom stereocenters. The zero-order valence-electron chi connectivity index (χ0n) is 19.1. The Balaban J connectivity index is 0.000000300. The largest absolute Gasteiger partial charge is 0.465 e. The van der Waals surface area contributed by atoms with Crippen molar-refractivity contribution in [3.05, 3.63) is 25.3 Å². The monoisotopic (exact) mass is 428 g/mol. The van der Waals surface area contributed by atoms with Crippen molar-refractivity contribution in [2.45, 2.75) is 53.1 Å². The molecule has 172 valence electrons. The third-order valence-corrected chi connectivity index (χ3v) is 4.85. The van der Waals surface area contributed by atoms with E-state index >= 15 is 0 Å². The van der Waals surface area contributed by atoms with Gasteiger partial charge >= 0.3 is 11.9 Å². The minimum atomic E-state index is -0.856. The molecule has 0 unspecified atom stereocenters. The minimum Gasteiger partial charge on any atom is -0.465 e. The van der Waals surface area contributed by atoms with Crippen LogP contribution in [0.3, 0.4) is 0 Å². The second-order valence-corrected chi connectivity index (χ2v) is 8.12. The van der Waals surface area contributed by atoms with Gasteiger partial charge in [-0.1, -0.05) is 12.2 Å². The molecule has 0 aromatic heterocycles. The Morgan fingerprint density at radius 1 is 0.733 bits per heavy atom. The zero-order valence-corrected chi connectivity index (χ0v) is 19.1. The highest BCUT2D eigenvalue weighted by molar-refractivity contribution is 5.80. The normalized spacial score (nSPS) is 23.1. The molecule has 0 N–H and O–H groups in total. The number of ether oxygens (including phenoxy) is 6. The molecular weight excluding hydrogens is 392 g/mol. The first-order valence-corrected chi connectivity index (χ1v) is 10.1. The first kappa shape index (κ1) is 26.3. The summed E-state index contributed by atoms with van der Waals surface area (Å²) in [5, 5.41) is 0. The molecule has 8 nitrogen and oxygen atoms in total. The number of carbonyl (C=O) groups excluding carboxylic acids is 2. The van der Waals surface area contributed by atoms with E-state index in [4.69, 9.17) is 28.4 Å². The van der Waals surface area contributed by atoms with Gasteiger partial charge in [0.1, 0.15) is 10.8 Å². The van der Waals surface area contributed by atoms with E-state index in [2.05, 4.69) is 13.2 Å². The summed E-state index contributed by atoms with van der Waals surface area (Å²) in [5.74, 6) is -1.95. The maximum atomic E-state index is 11.7. The van der Waals surface area contributed by atoms with E-state index < -0.39 is 22.4 Å². The van der Waals surface area contributed by atoms with E-state index in [9.17, 15) is 9.59 Å². The van der Waals surface area contributed by atoms with Crippen LogP contribution in [-0.4, -0.2) is 63.2 Å². The van der Waals surface area contributed by atoms with Crippen LogP contribution in [0.5, 0.6) is 0 Å². The fourth-order valence-corrected chi connectivity index (χ4v) is 2.56. The first-order valence-electron chi connectivity index (χ1n) is 10.1. The third kappa shape index (κ3) is 6.63. The summed E-state index contributed by atoms with van der Waals surface area (Å²) in [5.41, 5.74) is -1.71. The summed E-state index contributed by atoms with van der Waals surface area (Å²) in [6, 6.07) is 0. The van der Waals surface area contributed by atoms with Crippen LogP contribution < -0.4 is 0 Å². The summed E-state index contributed by atoms with van der Waals surface area (Å²) in [6.45, 7) is 19.8. The van der Waals surface area contributed by atoms with Crippen molar-refractivity contribution in [3.8, 4) is 0 Å². The Labute approximate surface area is 179 Å². The highest BCUT2D eigenvalue weighted by Gasteiger charge is 2.45. The van der Waals surface area contributed by atoms with Crippen molar-refractivity contribution < 1.29 is 38.0 Å². The highest BCUT2D eigenvalue weighted by atomic mass is 16.7. The molecule has 0 bridgehead atoms. The van der Waals surface area contributed by atoms with Gasteiger partial charge in [-0.15, -0.1) is 13.2 Å². The van der Waals surface area contributed by atoms with E-state index in [0.717, 1.165) is 0 Å². The van der Waals surface area contributed by atoms with Crippen LogP contribution >= 0.6 is 0 Å². The smallest absolute Gasteiger partial charge is 0.320 e. The van der Waals surface area contributed by atoms with Crippen LogP contribution in [-0.2, 0) is 38.0 Å². The third-order valence-electron chi connectivity index (χ3n) is 4.85. The number of esters is 2. The summed E-state index contributed by atoms with van der Waals surface area (Å²) in [4.78, 5) is 23.4. The van der Waals surface area contributed by atoms with Crippen molar-refractivity contribution >= 4 is 11.9 Å². The molecule has 2 rings (SSSR count). The van der Waals surface area contributed by atoms with Gasteiger partial charge in [-0.3, -0.25) is 9.59 Å². The molecular formula is C22H36O8. The molecule has 0 aromatic rings. The summed E-state index contributed by atoms with van der Waals surface area (Å²) in [7, 11) is 0. The molecule has 2 fully saturated rings. The summed E-state index contributed by atoms with van der Waals surface area (Å²) in [6.07, 6.45) is 3.08. The number of hydrogen-bond acceptors (Lipinski definition) is 8. The van der Waals surface area contributed by atoms with E-state index in [1.165, 1.54) is 0 Å². The second-order valence-electron chi connectivity index (χ2n) is 8.12. The van der Waals surface area contributed by atoms with Gasteiger partial charge in [-0.05, 0) is 41.5 Å². The lowest BCUT2D eigenvalue weighted by Crippen LogP contribution is -2.50. The Morgan fingerprint density at radius 2 is 1.00 bits per heavy atom. The van der Waals surface area contributed by atoms with Crippen molar-refractivity contribution in [2.24, 2.45) is 10.8 Å². The van der Waals surface area contributed by atoms with E-state index in [-0.39, 0.29) is 38.4 Å². The molecule has 2 aliphatic heterocycles. The molecule has 0 saturated carbocycles. The van der Waals surface area contributed by atoms with Crippen LogP contribution in [0.2, 0.25) is 0 Å². The Morgan fingerprint density at radius 3 is 1.20 bits per heavy atom. The predicted octanol–water partition coefficient (Wildman–Crippen LogP) is 3.01. The fraction of sp³-hybridized carbons (Fsp3) is 0.727. The lowest BCUT2D eigenvalue weighted by molar-refractivity contribution is -0.276. The molecule has 2 saturated heterocycles. The van der Waals surface area contributed by atoms with Gasteiger partial charge in [0.25, 0.3) is 0 Å². The van der Waals surface area contributed by atoms with Crippen molar-refractivity contribution in [2.75, 3.05) is 39.6 Å². The van der Waals surface area contributed by atoms with E-state index in [1.807, 2.05) is 27.7 Å². The van der Waals surface area contributed by atoms with Crippen LogP contribution in [0.4, 0.5) is 0 Å². The minimum absolute atomic E-state index is 0.252. The van der Waals surface area contributed by atoms with Gasteiger partial charge in [0.05, 0.1) is 39.6 Å². The van der Waals surface area contributed by atoms with Crippen LogP contribution in [0.15, 0.2) is 25.3 Å². The van der Waals surface area contributed by atoms with Gasteiger partial charge < -0.3 is 28.4 Å². The molecule has 8 heteroatoms. The van der Waals surface area contributed by atoms with Gasteiger partial charge in [-0.2, -0.15) is 0 Å². The second kappa shape index (κ2) is 10.5. The Kier molecular flexibility index (Phi) is 9.23. The SMILES string of the molecule is C=CC1(C(=O)OCC)COC(C)(C)OC1.C=CC1(C(=O)OCC)COC(C)(C)OC1. The average Bonchev–Trinajstić information content (AvgIpc) is 2.70. The molecule has 2 aliphatic rings. The molecule has 2 heterocycles. The maximum absolute atomic E-state index is 11.7. The molecule has 0 amide bonds. The summed E-state index contributed by atoms with van der Waals surface area (Å²) >= 11 is 0. The maximum Gasteiger partial charge on any atom is 0.320 e. The molecule has 30 heavy (non-hydrogen) atoms. The average molecular weight is 429 g/mol. The summed E-state index contributed by atoms with van der Waals surface area (Å²) < 4.78 is 31.7. The Hall–Kier alpha value is -1.74. The van der Waals surface area contributed by atoms with Crippen molar-refractivity contribution in [1.29, 1.82) is 0 Å². The standard InChI is InChI=1S/2C11H18O4/c2*1-5-11(9(12)13-6-2)7-14-10(3,4)15-8-11/h2*5H,1,6-8H2,2-4H3. The lowest BCUT2D eigenvalue weighted by Gasteiger charge is -2.39.